The molecule has 13 heteroatoms. The summed E-state index contributed by atoms with van der Waals surface area (Å²) in [4.78, 5) is 23.5. The van der Waals surface area contributed by atoms with E-state index in [1.54, 1.807) is 18.2 Å². The Morgan fingerprint density at radius 2 is 1.88 bits per heavy atom. The van der Waals surface area contributed by atoms with E-state index in [1.165, 1.54) is 25.4 Å². The highest BCUT2D eigenvalue weighted by molar-refractivity contribution is 5.91. The first-order chi connectivity index (χ1) is 19.5. The van der Waals surface area contributed by atoms with Crippen LogP contribution in [0, 0.1) is 5.82 Å². The van der Waals surface area contributed by atoms with Gasteiger partial charge in [0.15, 0.2) is 23.1 Å². The van der Waals surface area contributed by atoms with Crippen molar-refractivity contribution in [3.8, 4) is 22.8 Å². The van der Waals surface area contributed by atoms with E-state index in [1.807, 2.05) is 19.0 Å². The molecule has 216 valence electrons. The monoisotopic (exact) mass is 573 g/mol. The second kappa shape index (κ2) is 11.0. The zero-order valence-electron chi connectivity index (χ0n) is 22.5. The third-order valence-electron chi connectivity index (χ3n) is 6.87. The van der Waals surface area contributed by atoms with E-state index in [0.717, 1.165) is 6.07 Å². The summed E-state index contributed by atoms with van der Waals surface area (Å²) in [6, 6.07) is 8.77. The van der Waals surface area contributed by atoms with E-state index in [2.05, 4.69) is 20.4 Å². The van der Waals surface area contributed by atoms with E-state index in [-0.39, 0.29) is 36.4 Å². The van der Waals surface area contributed by atoms with Gasteiger partial charge in [0.1, 0.15) is 17.8 Å². The molecule has 2 aromatic heterocycles. The molecule has 0 aliphatic heterocycles. The van der Waals surface area contributed by atoms with Gasteiger partial charge in [-0.1, -0.05) is 17.3 Å². The molecule has 0 saturated heterocycles. The number of hydrogen-bond acceptors (Lipinski definition) is 8. The van der Waals surface area contributed by atoms with Crippen LogP contribution in [0.4, 0.5) is 23.4 Å². The molecule has 9 nitrogen and oxygen atoms in total. The Morgan fingerprint density at radius 3 is 2.54 bits per heavy atom. The summed E-state index contributed by atoms with van der Waals surface area (Å²) in [5, 5.41) is 5.89. The molecular weight excluding hydrogens is 546 g/mol. The summed E-state index contributed by atoms with van der Waals surface area (Å²) in [6.07, 6.45) is -3.53. The predicted molar refractivity (Wildman–Crippen MR) is 141 cm³/mol. The Kier molecular flexibility index (Phi) is 7.56. The normalized spacial score (nSPS) is 14.3. The van der Waals surface area contributed by atoms with Gasteiger partial charge in [-0.05, 0) is 38.6 Å². The first-order valence-corrected chi connectivity index (χ1v) is 12.7. The number of methoxy groups -OCH3 is 1. The highest BCUT2D eigenvalue weighted by Crippen LogP contribution is 2.59. The van der Waals surface area contributed by atoms with Gasteiger partial charge in [-0.2, -0.15) is 13.2 Å². The fourth-order valence-corrected chi connectivity index (χ4v) is 4.33. The lowest BCUT2D eigenvalue weighted by Crippen LogP contribution is -2.28. The molecule has 1 fully saturated rings. The number of carbonyl (C=O) groups excluding carboxylic acids is 1. The highest BCUT2D eigenvalue weighted by atomic mass is 19.4. The number of carbonyl (C=O) groups is 1. The Morgan fingerprint density at radius 1 is 1.12 bits per heavy atom. The van der Waals surface area contributed by atoms with Gasteiger partial charge < -0.3 is 24.2 Å². The SMILES string of the molecule is COc1cc2ncc(-c3ccc(CC(=O)Nc4cc(C5(C(F)(F)F)CC5)on4)c(F)c3)nc2cc1OCCN(C)C. The van der Waals surface area contributed by atoms with Crippen LogP contribution >= 0.6 is 0 Å². The number of nitrogens with one attached hydrogen (secondary N) is 1. The van der Waals surface area contributed by atoms with E-state index >= 15 is 0 Å². The fraction of sp³-hybridized carbons (Fsp3) is 0.357. The van der Waals surface area contributed by atoms with Gasteiger partial charge in [0.05, 0.1) is 36.5 Å². The van der Waals surface area contributed by atoms with Gasteiger partial charge in [0.2, 0.25) is 5.91 Å². The molecule has 0 bridgehead atoms. The molecule has 1 saturated carbocycles. The van der Waals surface area contributed by atoms with Crippen molar-refractivity contribution in [1.29, 1.82) is 0 Å². The second-order valence-electron chi connectivity index (χ2n) is 10.1. The average Bonchev–Trinajstić information content (AvgIpc) is 3.62. The van der Waals surface area contributed by atoms with Crippen LogP contribution in [0.15, 0.2) is 47.1 Å². The van der Waals surface area contributed by atoms with E-state index in [4.69, 9.17) is 14.0 Å². The molecule has 1 aliphatic carbocycles. The molecule has 2 heterocycles. The largest absolute Gasteiger partial charge is 0.493 e. The summed E-state index contributed by atoms with van der Waals surface area (Å²) in [5.41, 5.74) is -0.0289. The van der Waals surface area contributed by atoms with Crippen LogP contribution in [0.5, 0.6) is 11.5 Å². The lowest BCUT2D eigenvalue weighted by Gasteiger charge is -2.14. The van der Waals surface area contributed by atoms with E-state index < -0.39 is 23.3 Å². The smallest absolute Gasteiger partial charge is 0.401 e. The van der Waals surface area contributed by atoms with Crippen LogP contribution in [-0.4, -0.2) is 66.5 Å². The zero-order valence-corrected chi connectivity index (χ0v) is 22.5. The highest BCUT2D eigenvalue weighted by Gasteiger charge is 2.66. The van der Waals surface area contributed by atoms with Crippen LogP contribution < -0.4 is 14.8 Å². The second-order valence-corrected chi connectivity index (χ2v) is 10.1. The number of amides is 1. The number of rotatable bonds is 10. The summed E-state index contributed by atoms with van der Waals surface area (Å²) < 4.78 is 71.0. The molecule has 0 spiro atoms. The lowest BCUT2D eigenvalue weighted by atomic mass is 10.0. The molecule has 2 aromatic carbocycles. The lowest BCUT2D eigenvalue weighted by molar-refractivity contribution is -0.165. The van der Waals surface area contributed by atoms with Crippen molar-refractivity contribution in [1.82, 2.24) is 20.0 Å². The number of halogens is 4. The quantitative estimate of drug-likeness (QED) is 0.260. The minimum absolute atomic E-state index is 0.0824. The number of ether oxygens (including phenoxy) is 2. The zero-order chi connectivity index (χ0) is 29.4. The number of anilines is 1. The predicted octanol–water partition coefficient (Wildman–Crippen LogP) is 5.15. The van der Waals surface area contributed by atoms with Crippen LogP contribution in [0.25, 0.3) is 22.3 Å². The number of nitrogens with zero attached hydrogens (tertiary/aromatic N) is 4. The minimum Gasteiger partial charge on any atom is -0.493 e. The first kappa shape index (κ1) is 28.3. The molecule has 1 aliphatic rings. The number of likely N-dealkylation sites (N-methyl/N-ethyl adjacent to an activating group) is 1. The fourth-order valence-electron chi connectivity index (χ4n) is 4.33. The first-order valence-electron chi connectivity index (χ1n) is 12.7. The topological polar surface area (TPSA) is 103 Å². The van der Waals surface area contributed by atoms with Crippen molar-refractivity contribution >= 4 is 22.8 Å². The molecule has 41 heavy (non-hydrogen) atoms. The molecule has 0 atom stereocenters. The van der Waals surface area contributed by atoms with E-state index in [9.17, 15) is 22.4 Å². The van der Waals surface area contributed by atoms with Gasteiger partial charge in [-0.15, -0.1) is 0 Å². The Balaban J connectivity index is 1.29. The maximum atomic E-state index is 15.0. The van der Waals surface area contributed by atoms with E-state index in [0.29, 0.717) is 46.9 Å². The molecule has 1 amide bonds. The van der Waals surface area contributed by atoms with Crippen LogP contribution in [0.1, 0.15) is 24.2 Å². The molecule has 5 rings (SSSR count). The molecular formula is C28H27F4N5O4. The summed E-state index contributed by atoms with van der Waals surface area (Å²) >= 11 is 0. The number of benzene rings is 2. The van der Waals surface area contributed by atoms with Gasteiger partial charge in [-0.3, -0.25) is 9.78 Å². The maximum absolute atomic E-state index is 15.0. The number of alkyl halides is 3. The third kappa shape index (κ3) is 5.94. The summed E-state index contributed by atoms with van der Waals surface area (Å²) in [6.45, 7) is 1.14. The van der Waals surface area contributed by atoms with Crippen LogP contribution in [0.2, 0.25) is 0 Å². The summed E-state index contributed by atoms with van der Waals surface area (Å²) in [5.74, 6) is -0.804. The van der Waals surface area contributed by atoms with Gasteiger partial charge >= 0.3 is 6.18 Å². The van der Waals surface area contributed by atoms with Crippen molar-refractivity contribution in [2.24, 2.45) is 0 Å². The van der Waals surface area contributed by atoms with Gasteiger partial charge in [-0.25, -0.2) is 9.37 Å². The molecule has 0 radical (unpaired) electrons. The van der Waals surface area contributed by atoms with Crippen LogP contribution in [0.3, 0.4) is 0 Å². The molecule has 4 aromatic rings. The maximum Gasteiger partial charge on any atom is 0.401 e. The van der Waals surface area contributed by atoms with Crippen LogP contribution in [-0.2, 0) is 16.6 Å². The summed E-state index contributed by atoms with van der Waals surface area (Å²) in [7, 11) is 5.41. The third-order valence-corrected chi connectivity index (χ3v) is 6.87. The van der Waals surface area contributed by atoms with Crippen molar-refractivity contribution in [3.63, 3.8) is 0 Å². The molecule has 0 unspecified atom stereocenters. The number of fused-ring (bicyclic) bond motifs is 1. The molecule has 1 N–H and O–H groups in total. The van der Waals surface area contributed by atoms with Gasteiger partial charge in [0, 0.05) is 30.3 Å². The Hall–Kier alpha value is -4.26. The Bertz CT molecular complexity index is 1580. The number of hydrogen-bond donors (Lipinski definition) is 1. The number of aromatic nitrogens is 3. The van der Waals surface area contributed by atoms with Crippen molar-refractivity contribution in [2.45, 2.75) is 30.9 Å². The Labute approximate surface area is 232 Å². The van der Waals surface area contributed by atoms with Crippen molar-refractivity contribution in [2.75, 3.05) is 39.7 Å². The van der Waals surface area contributed by atoms with Crippen molar-refractivity contribution in [3.05, 3.63) is 59.7 Å². The van der Waals surface area contributed by atoms with Crippen molar-refractivity contribution < 1.29 is 36.4 Å². The van der Waals surface area contributed by atoms with Gasteiger partial charge in [0.25, 0.3) is 0 Å². The average molecular weight is 574 g/mol. The minimum atomic E-state index is -4.47. The standard InChI is InChI=1S/C28H27F4N5O4/c1-37(2)8-9-40-23-13-20-19(12-22(23)39-3)33-15-21(34-20)17-5-4-16(18(29)10-17)11-26(38)35-25-14-24(41-36-25)27(6-7-27)28(30,31)32/h4-5,10,12-15H,6-9,11H2,1-3H3,(H,35,36,38).